The molecule has 1 N–H and O–H groups in total. The minimum absolute atomic E-state index is 0.0318. The maximum Gasteiger partial charge on any atom is 0.336 e. The summed E-state index contributed by atoms with van der Waals surface area (Å²) < 4.78 is 5.33. The van der Waals surface area contributed by atoms with Gasteiger partial charge in [-0.3, -0.25) is 4.79 Å². The highest BCUT2D eigenvalue weighted by Crippen LogP contribution is 2.47. The van der Waals surface area contributed by atoms with E-state index in [0.717, 1.165) is 28.1 Å². The van der Waals surface area contributed by atoms with Gasteiger partial charge in [0.05, 0.1) is 17.9 Å². The van der Waals surface area contributed by atoms with Crippen LogP contribution >= 0.6 is 0 Å². The number of allylic oxidation sites excluding steroid dienone is 2. The number of benzene rings is 2. The number of Topliss-reactive ketones (excluding diaryl/α,β-unsaturated/α-hetero) is 1. The molecule has 0 bridgehead atoms. The van der Waals surface area contributed by atoms with Crippen LogP contribution in [0.2, 0.25) is 0 Å². The first-order valence-electron chi connectivity index (χ1n) is 9.13. The summed E-state index contributed by atoms with van der Waals surface area (Å²) in [5.41, 5.74) is 6.21. The first kappa shape index (κ1) is 17.3. The van der Waals surface area contributed by atoms with E-state index in [1.54, 1.807) is 6.92 Å². The summed E-state index contributed by atoms with van der Waals surface area (Å²) in [6.45, 7) is 5.94. The Balaban J connectivity index is 1.96. The zero-order valence-corrected chi connectivity index (χ0v) is 15.6. The third-order valence-electron chi connectivity index (χ3n) is 5.24. The number of carbonyl (C=O) groups is 2. The molecule has 0 saturated heterocycles. The molecule has 4 heteroatoms. The second-order valence-corrected chi connectivity index (χ2v) is 6.84. The fourth-order valence-electron chi connectivity index (χ4n) is 4.03. The van der Waals surface area contributed by atoms with Gasteiger partial charge < -0.3 is 10.1 Å². The molecule has 0 unspecified atom stereocenters. The largest absolute Gasteiger partial charge is 0.463 e. The lowest BCUT2D eigenvalue weighted by molar-refractivity contribution is -0.138. The van der Waals surface area contributed by atoms with Crippen molar-refractivity contribution in [2.45, 2.75) is 26.7 Å². The van der Waals surface area contributed by atoms with Crippen molar-refractivity contribution < 1.29 is 14.3 Å². The standard InChI is InChI=1S/C23H21NO3/c1-4-27-23(26)18-14(3)24-21-16-11-7-8-12-17(16)22(25)20(21)19(18)15-10-6-5-9-13(15)2/h5-12,19,24H,4H2,1-3H3/t19-/m1/s1. The Hall–Kier alpha value is -3.14. The van der Waals surface area contributed by atoms with E-state index in [4.69, 9.17) is 4.74 Å². The monoisotopic (exact) mass is 359 g/mol. The molecule has 136 valence electrons. The van der Waals surface area contributed by atoms with Gasteiger partial charge in [-0.05, 0) is 31.9 Å². The summed E-state index contributed by atoms with van der Waals surface area (Å²) >= 11 is 0. The van der Waals surface area contributed by atoms with E-state index in [1.165, 1.54) is 0 Å². The van der Waals surface area contributed by atoms with Crippen LogP contribution in [0.3, 0.4) is 0 Å². The summed E-state index contributed by atoms with van der Waals surface area (Å²) in [6.07, 6.45) is 0. The summed E-state index contributed by atoms with van der Waals surface area (Å²) in [5.74, 6) is -0.858. The van der Waals surface area contributed by atoms with Crippen molar-refractivity contribution in [3.05, 3.63) is 87.6 Å². The first-order chi connectivity index (χ1) is 13.0. The Morgan fingerprint density at radius 3 is 2.41 bits per heavy atom. The van der Waals surface area contributed by atoms with E-state index in [0.29, 0.717) is 16.7 Å². The van der Waals surface area contributed by atoms with Crippen LogP contribution in [-0.2, 0) is 9.53 Å². The molecule has 1 heterocycles. The van der Waals surface area contributed by atoms with Crippen LogP contribution in [0, 0.1) is 6.92 Å². The molecule has 4 rings (SSSR count). The number of dihydropyridines is 1. The second kappa shape index (κ2) is 6.54. The van der Waals surface area contributed by atoms with Gasteiger partial charge in [-0.1, -0.05) is 48.5 Å². The summed E-state index contributed by atoms with van der Waals surface area (Å²) in [4.78, 5) is 26.1. The van der Waals surface area contributed by atoms with Crippen molar-refractivity contribution in [2.24, 2.45) is 0 Å². The van der Waals surface area contributed by atoms with Crippen LogP contribution in [0.4, 0.5) is 0 Å². The zero-order valence-electron chi connectivity index (χ0n) is 15.6. The molecule has 2 aromatic carbocycles. The highest BCUT2D eigenvalue weighted by molar-refractivity contribution is 6.23. The normalized spacial score (nSPS) is 18.2. The number of ketones is 1. The number of aryl methyl sites for hydroxylation is 1. The van der Waals surface area contributed by atoms with Crippen LogP contribution in [-0.4, -0.2) is 18.4 Å². The minimum Gasteiger partial charge on any atom is -0.463 e. The maximum absolute atomic E-state index is 13.3. The van der Waals surface area contributed by atoms with Gasteiger partial charge in [0.1, 0.15) is 0 Å². The lowest BCUT2D eigenvalue weighted by Gasteiger charge is -2.30. The summed E-state index contributed by atoms with van der Waals surface area (Å²) in [6, 6.07) is 15.5. The number of fused-ring (bicyclic) bond motifs is 2. The van der Waals surface area contributed by atoms with Gasteiger partial charge in [-0.15, -0.1) is 0 Å². The average Bonchev–Trinajstić information content (AvgIpc) is 2.94. The van der Waals surface area contributed by atoms with Crippen molar-refractivity contribution >= 4 is 17.4 Å². The van der Waals surface area contributed by atoms with Gasteiger partial charge in [0.25, 0.3) is 0 Å². The SMILES string of the molecule is CCOC(=O)C1=C(C)NC2=C(C(=O)c3ccccc32)[C@@H]1c1ccccc1C. The van der Waals surface area contributed by atoms with Gasteiger partial charge in [0.2, 0.25) is 0 Å². The molecule has 2 aromatic rings. The molecule has 1 atom stereocenters. The van der Waals surface area contributed by atoms with Crippen LogP contribution in [0.25, 0.3) is 5.70 Å². The predicted molar refractivity (Wildman–Crippen MR) is 104 cm³/mol. The third-order valence-corrected chi connectivity index (χ3v) is 5.24. The average molecular weight is 359 g/mol. The molecule has 0 spiro atoms. The quantitative estimate of drug-likeness (QED) is 0.838. The zero-order chi connectivity index (χ0) is 19.1. The van der Waals surface area contributed by atoms with Gasteiger partial charge in [-0.25, -0.2) is 4.79 Å². The van der Waals surface area contributed by atoms with Crippen LogP contribution in [0.15, 0.2) is 65.4 Å². The number of hydrogen-bond acceptors (Lipinski definition) is 4. The van der Waals surface area contributed by atoms with Crippen LogP contribution < -0.4 is 5.32 Å². The number of ether oxygens (including phenoxy) is 1. The number of hydrogen-bond donors (Lipinski definition) is 1. The van der Waals surface area contributed by atoms with Crippen molar-refractivity contribution in [3.63, 3.8) is 0 Å². The van der Waals surface area contributed by atoms with Gasteiger partial charge in [-0.2, -0.15) is 0 Å². The Morgan fingerprint density at radius 1 is 1.04 bits per heavy atom. The highest BCUT2D eigenvalue weighted by atomic mass is 16.5. The number of esters is 1. The molecule has 0 radical (unpaired) electrons. The number of nitrogens with one attached hydrogen (secondary N) is 1. The first-order valence-corrected chi connectivity index (χ1v) is 9.13. The minimum atomic E-state index is -0.443. The molecule has 4 nitrogen and oxygen atoms in total. The van der Waals surface area contributed by atoms with Crippen LogP contribution in [0.1, 0.15) is 46.8 Å². The molecular weight excluding hydrogens is 338 g/mol. The lowest BCUT2D eigenvalue weighted by atomic mass is 9.78. The predicted octanol–water partition coefficient (Wildman–Crippen LogP) is 4.13. The summed E-state index contributed by atoms with van der Waals surface area (Å²) in [5, 5.41) is 3.31. The molecular formula is C23H21NO3. The van der Waals surface area contributed by atoms with Crippen molar-refractivity contribution in [3.8, 4) is 0 Å². The lowest BCUT2D eigenvalue weighted by Crippen LogP contribution is -2.29. The second-order valence-electron chi connectivity index (χ2n) is 6.84. The molecule has 0 amide bonds. The van der Waals surface area contributed by atoms with Crippen molar-refractivity contribution in [1.82, 2.24) is 5.32 Å². The van der Waals surface area contributed by atoms with E-state index in [1.807, 2.05) is 62.4 Å². The van der Waals surface area contributed by atoms with E-state index in [9.17, 15) is 9.59 Å². The molecule has 27 heavy (non-hydrogen) atoms. The fourth-order valence-corrected chi connectivity index (χ4v) is 4.03. The maximum atomic E-state index is 13.3. The molecule has 1 aliphatic carbocycles. The highest BCUT2D eigenvalue weighted by Gasteiger charge is 2.43. The Bertz CT molecular complexity index is 1030. The van der Waals surface area contributed by atoms with Gasteiger partial charge >= 0.3 is 5.97 Å². The molecule has 0 saturated carbocycles. The summed E-state index contributed by atoms with van der Waals surface area (Å²) in [7, 11) is 0. The third kappa shape index (κ3) is 2.60. The van der Waals surface area contributed by atoms with E-state index < -0.39 is 5.92 Å². The van der Waals surface area contributed by atoms with E-state index >= 15 is 0 Å². The molecule has 1 aliphatic heterocycles. The Kier molecular flexibility index (Phi) is 4.19. The Morgan fingerprint density at radius 2 is 1.70 bits per heavy atom. The van der Waals surface area contributed by atoms with E-state index in [-0.39, 0.29) is 18.4 Å². The smallest absolute Gasteiger partial charge is 0.336 e. The molecule has 2 aliphatic rings. The molecule has 0 fully saturated rings. The van der Waals surface area contributed by atoms with Gasteiger partial charge in [0, 0.05) is 28.3 Å². The Labute approximate surface area is 158 Å². The van der Waals surface area contributed by atoms with Crippen LogP contribution in [0.5, 0.6) is 0 Å². The number of rotatable bonds is 3. The molecule has 0 aromatic heterocycles. The van der Waals surface area contributed by atoms with E-state index in [2.05, 4.69) is 5.32 Å². The number of carbonyl (C=O) groups excluding carboxylic acids is 2. The van der Waals surface area contributed by atoms with Gasteiger partial charge in [0.15, 0.2) is 5.78 Å². The van der Waals surface area contributed by atoms with Crippen molar-refractivity contribution in [2.75, 3.05) is 6.61 Å². The fraction of sp³-hybridized carbons (Fsp3) is 0.217. The van der Waals surface area contributed by atoms with Crippen molar-refractivity contribution in [1.29, 1.82) is 0 Å². The topological polar surface area (TPSA) is 55.4 Å².